The minimum Gasteiger partial charge on any atom is -0.294 e. The third-order valence-corrected chi connectivity index (χ3v) is 3.55. The molecule has 0 fully saturated rings. The van der Waals surface area contributed by atoms with Crippen LogP contribution in [0.2, 0.25) is 5.02 Å². The summed E-state index contributed by atoms with van der Waals surface area (Å²) in [5.74, 6) is 0.00333. The number of aromatic nitrogens is 1. The van der Waals surface area contributed by atoms with Gasteiger partial charge in [-0.25, -0.2) is 0 Å². The van der Waals surface area contributed by atoms with Gasteiger partial charge in [0.25, 0.3) is 0 Å². The van der Waals surface area contributed by atoms with E-state index in [1.807, 2.05) is 25.1 Å². The number of nitrogens with zero attached hydrogens (tertiary/aromatic N) is 1. The topological polar surface area (TPSA) is 30.0 Å². The van der Waals surface area contributed by atoms with Gasteiger partial charge in [-0.15, -0.1) is 0 Å². The Morgan fingerprint density at radius 1 is 1.39 bits per heavy atom. The van der Waals surface area contributed by atoms with E-state index in [-0.39, 0.29) is 5.78 Å². The first-order valence-electron chi connectivity index (χ1n) is 5.45. The molecule has 0 radical (unpaired) electrons. The highest BCUT2D eigenvalue weighted by atomic mass is 79.9. The smallest absolute Gasteiger partial charge is 0.168 e. The summed E-state index contributed by atoms with van der Waals surface area (Å²) in [6.07, 6.45) is 3.68. The molecule has 2 aromatic rings. The largest absolute Gasteiger partial charge is 0.294 e. The quantitative estimate of drug-likeness (QED) is 0.791. The van der Waals surface area contributed by atoms with Gasteiger partial charge < -0.3 is 0 Å². The second kappa shape index (κ2) is 5.63. The molecule has 2 rings (SSSR count). The zero-order valence-corrected chi connectivity index (χ0v) is 12.1. The van der Waals surface area contributed by atoms with Crippen LogP contribution in [-0.2, 0) is 6.42 Å². The number of hydrogen-bond acceptors (Lipinski definition) is 2. The van der Waals surface area contributed by atoms with E-state index in [9.17, 15) is 4.79 Å². The fourth-order valence-corrected chi connectivity index (χ4v) is 2.34. The van der Waals surface area contributed by atoms with Crippen molar-refractivity contribution >= 4 is 33.3 Å². The predicted molar refractivity (Wildman–Crippen MR) is 76.2 cm³/mol. The van der Waals surface area contributed by atoms with Crippen molar-refractivity contribution in [2.45, 2.75) is 13.3 Å². The molecule has 1 aromatic carbocycles. The number of carbonyl (C=O) groups is 1. The number of ketones is 1. The summed E-state index contributed by atoms with van der Waals surface area (Å²) in [4.78, 5) is 16.2. The highest BCUT2D eigenvalue weighted by molar-refractivity contribution is 9.10. The summed E-state index contributed by atoms with van der Waals surface area (Å²) in [5, 5.41) is 0.533. The number of carbonyl (C=O) groups excluding carboxylic acids is 1. The molecule has 4 heteroatoms. The van der Waals surface area contributed by atoms with Crippen LogP contribution in [0.5, 0.6) is 0 Å². The molecule has 0 N–H and O–H groups in total. The number of halogens is 2. The van der Waals surface area contributed by atoms with Crippen LogP contribution in [0.15, 0.2) is 41.1 Å². The third-order valence-electron chi connectivity index (χ3n) is 2.62. The van der Waals surface area contributed by atoms with Crippen molar-refractivity contribution in [1.82, 2.24) is 4.98 Å². The van der Waals surface area contributed by atoms with Crippen LogP contribution in [0.4, 0.5) is 0 Å². The Bertz CT molecular complexity index is 598. The van der Waals surface area contributed by atoms with Gasteiger partial charge in [0.15, 0.2) is 5.78 Å². The van der Waals surface area contributed by atoms with Crippen LogP contribution in [-0.4, -0.2) is 10.8 Å². The molecular weight excluding hydrogens is 314 g/mol. The van der Waals surface area contributed by atoms with Crippen LogP contribution >= 0.6 is 27.5 Å². The molecule has 0 aliphatic carbocycles. The first kappa shape index (κ1) is 13.2. The van der Waals surface area contributed by atoms with Gasteiger partial charge in [-0.3, -0.25) is 9.78 Å². The lowest BCUT2D eigenvalue weighted by Crippen LogP contribution is -2.05. The number of hydrogen-bond donors (Lipinski definition) is 0. The average Bonchev–Trinajstić information content (AvgIpc) is 2.32. The van der Waals surface area contributed by atoms with Gasteiger partial charge in [-0.2, -0.15) is 0 Å². The molecule has 1 aromatic heterocycles. The SMILES string of the molecule is Cc1cccc(C(=O)Cc2cncc(Br)c2)c1Cl. The van der Waals surface area contributed by atoms with E-state index >= 15 is 0 Å². The van der Waals surface area contributed by atoms with Gasteiger partial charge in [0, 0.05) is 28.9 Å². The maximum Gasteiger partial charge on any atom is 0.168 e. The van der Waals surface area contributed by atoms with Crippen LogP contribution in [0, 0.1) is 6.92 Å². The Kier molecular flexibility index (Phi) is 4.15. The van der Waals surface area contributed by atoms with Gasteiger partial charge in [-0.1, -0.05) is 23.7 Å². The number of rotatable bonds is 3. The lowest BCUT2D eigenvalue weighted by atomic mass is 10.0. The zero-order valence-electron chi connectivity index (χ0n) is 9.78. The molecule has 0 amide bonds. The highest BCUT2D eigenvalue weighted by Crippen LogP contribution is 2.22. The molecule has 0 atom stereocenters. The lowest BCUT2D eigenvalue weighted by molar-refractivity contribution is 0.0993. The zero-order chi connectivity index (χ0) is 13.1. The van der Waals surface area contributed by atoms with Crippen LogP contribution < -0.4 is 0 Å². The van der Waals surface area contributed by atoms with E-state index < -0.39 is 0 Å². The Morgan fingerprint density at radius 2 is 2.17 bits per heavy atom. The summed E-state index contributed by atoms with van der Waals surface area (Å²) in [6, 6.07) is 7.37. The Hall–Kier alpha value is -1.19. The molecule has 0 saturated heterocycles. The lowest BCUT2D eigenvalue weighted by Gasteiger charge is -2.06. The van der Waals surface area contributed by atoms with Crippen molar-refractivity contribution in [3.8, 4) is 0 Å². The Balaban J connectivity index is 2.25. The van der Waals surface area contributed by atoms with Gasteiger partial charge in [-0.05, 0) is 46.1 Å². The molecule has 92 valence electrons. The van der Waals surface area contributed by atoms with Crippen LogP contribution in [0.1, 0.15) is 21.5 Å². The fourth-order valence-electron chi connectivity index (χ4n) is 1.70. The maximum absolute atomic E-state index is 12.2. The summed E-state index contributed by atoms with van der Waals surface area (Å²) < 4.78 is 0.864. The van der Waals surface area contributed by atoms with Crippen molar-refractivity contribution < 1.29 is 4.79 Å². The van der Waals surface area contributed by atoms with Gasteiger partial charge in [0.1, 0.15) is 0 Å². The number of benzene rings is 1. The number of Topliss-reactive ketones (excluding diaryl/α,β-unsaturated/α-hetero) is 1. The van der Waals surface area contributed by atoms with Gasteiger partial charge >= 0.3 is 0 Å². The summed E-state index contributed by atoms with van der Waals surface area (Å²) in [6.45, 7) is 1.89. The summed E-state index contributed by atoms with van der Waals surface area (Å²) in [7, 11) is 0. The first-order valence-corrected chi connectivity index (χ1v) is 6.63. The molecule has 0 unspecified atom stereocenters. The third kappa shape index (κ3) is 2.98. The minimum atomic E-state index is 0.00333. The molecular formula is C14H11BrClNO. The van der Waals surface area contributed by atoms with Crippen molar-refractivity contribution in [1.29, 1.82) is 0 Å². The van der Waals surface area contributed by atoms with E-state index in [0.29, 0.717) is 17.0 Å². The molecule has 0 spiro atoms. The van der Waals surface area contributed by atoms with Crippen molar-refractivity contribution in [3.05, 3.63) is 62.8 Å². The monoisotopic (exact) mass is 323 g/mol. The van der Waals surface area contributed by atoms with Crippen LogP contribution in [0.25, 0.3) is 0 Å². The summed E-state index contributed by atoms with van der Waals surface area (Å²) >= 11 is 9.47. The van der Waals surface area contributed by atoms with Crippen molar-refractivity contribution in [3.63, 3.8) is 0 Å². The molecule has 18 heavy (non-hydrogen) atoms. The first-order chi connectivity index (χ1) is 8.58. The summed E-state index contributed by atoms with van der Waals surface area (Å²) in [5.41, 5.74) is 2.35. The van der Waals surface area contributed by atoms with E-state index in [2.05, 4.69) is 20.9 Å². The Morgan fingerprint density at radius 3 is 2.89 bits per heavy atom. The van der Waals surface area contributed by atoms with E-state index in [0.717, 1.165) is 15.6 Å². The molecule has 1 heterocycles. The van der Waals surface area contributed by atoms with Crippen molar-refractivity contribution in [2.75, 3.05) is 0 Å². The fraction of sp³-hybridized carbons (Fsp3) is 0.143. The maximum atomic E-state index is 12.2. The molecule has 0 bridgehead atoms. The average molecular weight is 325 g/mol. The van der Waals surface area contributed by atoms with Gasteiger partial charge in [0.2, 0.25) is 0 Å². The second-order valence-corrected chi connectivity index (χ2v) is 5.34. The van der Waals surface area contributed by atoms with E-state index in [4.69, 9.17) is 11.6 Å². The molecule has 0 aliphatic heterocycles. The van der Waals surface area contributed by atoms with Crippen LogP contribution in [0.3, 0.4) is 0 Å². The minimum absolute atomic E-state index is 0.00333. The molecule has 0 aliphatic rings. The standard InChI is InChI=1S/C14H11BrClNO/c1-9-3-2-4-12(14(9)16)13(18)6-10-5-11(15)8-17-7-10/h2-5,7-8H,6H2,1H3. The van der Waals surface area contributed by atoms with Gasteiger partial charge in [0.05, 0.1) is 5.02 Å². The highest BCUT2D eigenvalue weighted by Gasteiger charge is 2.12. The number of aryl methyl sites for hydroxylation is 1. The predicted octanol–water partition coefficient (Wildman–Crippen LogP) is 4.23. The molecule has 2 nitrogen and oxygen atoms in total. The second-order valence-electron chi connectivity index (χ2n) is 4.05. The van der Waals surface area contributed by atoms with Crippen molar-refractivity contribution in [2.24, 2.45) is 0 Å². The molecule has 0 saturated carbocycles. The Labute approximate surface area is 119 Å². The van der Waals surface area contributed by atoms with E-state index in [1.165, 1.54) is 0 Å². The van der Waals surface area contributed by atoms with E-state index in [1.54, 1.807) is 18.5 Å². The normalized spacial score (nSPS) is 10.4. The number of pyridine rings is 1.